The number of unbranched alkanes of at least 4 members (excludes halogenated alkanes) is 1. The van der Waals surface area contributed by atoms with Crippen LogP contribution in [-0.2, 0) is 11.2 Å². The number of carbonyl (C=O) groups is 2. The van der Waals surface area contributed by atoms with Crippen molar-refractivity contribution < 1.29 is 24.2 Å². The van der Waals surface area contributed by atoms with Crippen LogP contribution in [-0.4, -0.2) is 38.7 Å². The molecule has 37 heavy (non-hydrogen) atoms. The number of amides is 1. The monoisotopic (exact) mass is 521 g/mol. The van der Waals surface area contributed by atoms with Crippen molar-refractivity contribution in [3.8, 4) is 11.3 Å². The first-order chi connectivity index (χ1) is 17.8. The lowest BCUT2D eigenvalue weighted by atomic mass is 10.0. The standard InChI is InChI=1S/C28H25ClFN3O4/c29-20-10-5-18(6-11-20)27-23(3-1-2-4-26(35)36)31-24-15-19(9-14-22(24)32-27)28(37)33-25(16-34)17-7-12-21(30)13-8-17/h5-15,25,34H,1-4,16H2,(H,33,37)(H,35,36). The van der Waals surface area contributed by atoms with E-state index in [2.05, 4.69) is 5.32 Å². The minimum Gasteiger partial charge on any atom is -0.481 e. The van der Waals surface area contributed by atoms with Gasteiger partial charge in [0, 0.05) is 22.6 Å². The van der Waals surface area contributed by atoms with Crippen LogP contribution in [0, 0.1) is 5.82 Å². The molecule has 0 aliphatic carbocycles. The lowest BCUT2D eigenvalue weighted by Crippen LogP contribution is -2.30. The van der Waals surface area contributed by atoms with Crippen molar-refractivity contribution in [1.82, 2.24) is 15.3 Å². The summed E-state index contributed by atoms with van der Waals surface area (Å²) < 4.78 is 13.3. The zero-order valence-electron chi connectivity index (χ0n) is 19.8. The van der Waals surface area contributed by atoms with Gasteiger partial charge >= 0.3 is 5.97 Å². The maximum atomic E-state index is 13.3. The van der Waals surface area contributed by atoms with Crippen LogP contribution in [0.4, 0.5) is 4.39 Å². The molecular formula is C28H25ClFN3O4. The summed E-state index contributed by atoms with van der Waals surface area (Å²) in [4.78, 5) is 33.4. The molecule has 1 amide bonds. The molecule has 1 unspecified atom stereocenters. The van der Waals surface area contributed by atoms with E-state index in [1.54, 1.807) is 30.3 Å². The number of hydrogen-bond acceptors (Lipinski definition) is 5. The maximum Gasteiger partial charge on any atom is 0.303 e. The van der Waals surface area contributed by atoms with E-state index in [1.165, 1.54) is 24.3 Å². The fourth-order valence-electron chi connectivity index (χ4n) is 3.99. The first-order valence-corrected chi connectivity index (χ1v) is 12.2. The highest BCUT2D eigenvalue weighted by molar-refractivity contribution is 6.30. The molecule has 4 aromatic rings. The van der Waals surface area contributed by atoms with E-state index >= 15 is 0 Å². The number of aliphatic hydroxyl groups is 1. The molecule has 0 saturated carbocycles. The summed E-state index contributed by atoms with van der Waals surface area (Å²) in [7, 11) is 0. The van der Waals surface area contributed by atoms with Gasteiger partial charge in [0.05, 0.1) is 35.1 Å². The van der Waals surface area contributed by atoms with Crippen molar-refractivity contribution in [2.24, 2.45) is 0 Å². The molecule has 0 radical (unpaired) electrons. The molecule has 1 atom stereocenters. The van der Waals surface area contributed by atoms with Crippen LogP contribution in [0.2, 0.25) is 5.02 Å². The second-order valence-electron chi connectivity index (χ2n) is 8.59. The van der Waals surface area contributed by atoms with E-state index in [1.807, 2.05) is 12.1 Å². The molecule has 190 valence electrons. The summed E-state index contributed by atoms with van der Waals surface area (Å²) in [5.74, 6) is -1.67. The van der Waals surface area contributed by atoms with Gasteiger partial charge in [-0.3, -0.25) is 9.59 Å². The molecule has 7 nitrogen and oxygen atoms in total. The van der Waals surface area contributed by atoms with Gasteiger partial charge in [0.25, 0.3) is 5.91 Å². The topological polar surface area (TPSA) is 112 Å². The number of aryl methyl sites for hydroxylation is 1. The Morgan fingerprint density at radius 3 is 2.35 bits per heavy atom. The van der Waals surface area contributed by atoms with Gasteiger partial charge in [-0.25, -0.2) is 14.4 Å². The number of nitrogens with one attached hydrogen (secondary N) is 1. The third-order valence-electron chi connectivity index (χ3n) is 5.93. The molecule has 3 N–H and O–H groups in total. The Morgan fingerprint density at radius 1 is 0.946 bits per heavy atom. The van der Waals surface area contributed by atoms with Gasteiger partial charge in [0.15, 0.2) is 0 Å². The third-order valence-corrected chi connectivity index (χ3v) is 6.18. The summed E-state index contributed by atoms with van der Waals surface area (Å²) in [6, 6.07) is 17.1. The molecule has 3 aromatic carbocycles. The average molecular weight is 522 g/mol. The minimum atomic E-state index is -0.847. The zero-order valence-corrected chi connectivity index (χ0v) is 20.6. The molecule has 0 bridgehead atoms. The number of hydrogen-bond donors (Lipinski definition) is 3. The maximum absolute atomic E-state index is 13.3. The molecule has 0 aliphatic rings. The van der Waals surface area contributed by atoms with Gasteiger partial charge in [-0.05, 0) is 67.3 Å². The first kappa shape index (κ1) is 26.2. The van der Waals surface area contributed by atoms with Crippen molar-refractivity contribution in [2.75, 3.05) is 6.61 Å². The Hall–Kier alpha value is -3.88. The molecule has 1 aromatic heterocycles. The van der Waals surface area contributed by atoms with Crippen LogP contribution >= 0.6 is 11.6 Å². The highest BCUT2D eigenvalue weighted by atomic mass is 35.5. The second kappa shape index (κ2) is 11.9. The fourth-order valence-corrected chi connectivity index (χ4v) is 4.11. The Bertz CT molecular complexity index is 1410. The Kier molecular flexibility index (Phi) is 8.43. The first-order valence-electron chi connectivity index (χ1n) is 11.8. The number of halogens is 2. The van der Waals surface area contributed by atoms with Gasteiger partial charge < -0.3 is 15.5 Å². The number of carbonyl (C=O) groups excluding carboxylic acids is 1. The molecule has 0 aliphatic heterocycles. The van der Waals surface area contributed by atoms with Crippen LogP contribution in [0.3, 0.4) is 0 Å². The van der Waals surface area contributed by atoms with Crippen molar-refractivity contribution >= 4 is 34.5 Å². The summed E-state index contributed by atoms with van der Waals surface area (Å²) in [5.41, 5.74) is 4.21. The largest absolute Gasteiger partial charge is 0.481 e. The number of nitrogens with zero attached hydrogens (tertiary/aromatic N) is 2. The van der Waals surface area contributed by atoms with E-state index in [9.17, 15) is 19.1 Å². The van der Waals surface area contributed by atoms with Gasteiger partial charge in [-0.15, -0.1) is 0 Å². The van der Waals surface area contributed by atoms with Crippen molar-refractivity contribution in [1.29, 1.82) is 0 Å². The number of carboxylic acids is 1. The second-order valence-corrected chi connectivity index (χ2v) is 9.03. The SMILES string of the molecule is O=C(O)CCCCc1nc2cc(C(=O)NC(CO)c3ccc(F)cc3)ccc2nc1-c1ccc(Cl)cc1. The normalized spacial score (nSPS) is 11.9. The van der Waals surface area contributed by atoms with Gasteiger partial charge in [-0.1, -0.05) is 35.9 Å². The number of aliphatic hydroxyl groups excluding tert-OH is 1. The molecule has 0 fully saturated rings. The van der Waals surface area contributed by atoms with Crippen LogP contribution in [0.25, 0.3) is 22.3 Å². The highest BCUT2D eigenvalue weighted by Gasteiger charge is 2.17. The number of rotatable bonds is 10. The molecule has 1 heterocycles. The summed E-state index contributed by atoms with van der Waals surface area (Å²) in [5, 5.41) is 22.1. The predicted octanol–water partition coefficient (Wildman–Crippen LogP) is 5.35. The van der Waals surface area contributed by atoms with Crippen LogP contribution in [0.15, 0.2) is 66.7 Å². The number of aromatic nitrogens is 2. The van der Waals surface area contributed by atoms with Crippen molar-refractivity contribution in [3.63, 3.8) is 0 Å². The molecule has 4 rings (SSSR count). The summed E-state index contributed by atoms with van der Waals surface area (Å²) >= 11 is 6.04. The van der Waals surface area contributed by atoms with Crippen molar-refractivity contribution in [2.45, 2.75) is 31.7 Å². The Balaban J connectivity index is 1.63. The number of fused-ring (bicyclic) bond motifs is 1. The van der Waals surface area contributed by atoms with E-state index in [4.69, 9.17) is 26.7 Å². The number of benzene rings is 3. The summed E-state index contributed by atoms with van der Waals surface area (Å²) in [6.07, 6.45) is 1.70. The summed E-state index contributed by atoms with van der Waals surface area (Å²) in [6.45, 7) is -0.351. The molecule has 9 heteroatoms. The van der Waals surface area contributed by atoms with Crippen LogP contribution < -0.4 is 5.32 Å². The quantitative estimate of drug-likeness (QED) is 0.242. The Morgan fingerprint density at radius 2 is 1.68 bits per heavy atom. The lowest BCUT2D eigenvalue weighted by molar-refractivity contribution is -0.137. The third kappa shape index (κ3) is 6.67. The van der Waals surface area contributed by atoms with E-state index in [0.717, 1.165) is 5.56 Å². The molecular weight excluding hydrogens is 497 g/mol. The smallest absolute Gasteiger partial charge is 0.303 e. The minimum absolute atomic E-state index is 0.0711. The fraction of sp³-hybridized carbons (Fsp3) is 0.214. The van der Waals surface area contributed by atoms with Crippen LogP contribution in [0.1, 0.15) is 46.9 Å². The van der Waals surface area contributed by atoms with Gasteiger partial charge in [0.2, 0.25) is 0 Å². The van der Waals surface area contributed by atoms with Crippen molar-refractivity contribution in [3.05, 3.63) is 94.4 Å². The zero-order chi connectivity index (χ0) is 26.4. The van der Waals surface area contributed by atoms with Gasteiger partial charge in [-0.2, -0.15) is 0 Å². The lowest BCUT2D eigenvalue weighted by Gasteiger charge is -2.17. The molecule has 0 spiro atoms. The van der Waals surface area contributed by atoms with Gasteiger partial charge in [0.1, 0.15) is 5.82 Å². The average Bonchev–Trinajstić information content (AvgIpc) is 2.89. The number of aliphatic carboxylic acids is 1. The van der Waals surface area contributed by atoms with E-state index in [-0.39, 0.29) is 13.0 Å². The predicted molar refractivity (Wildman–Crippen MR) is 139 cm³/mol. The number of carboxylic acid groups (broad SMARTS) is 1. The van der Waals surface area contributed by atoms with Crippen LogP contribution in [0.5, 0.6) is 0 Å². The Labute approximate surface area is 218 Å². The highest BCUT2D eigenvalue weighted by Crippen LogP contribution is 2.27. The molecule has 0 saturated heterocycles. The van der Waals surface area contributed by atoms with E-state index < -0.39 is 23.7 Å². The van der Waals surface area contributed by atoms with E-state index in [0.29, 0.717) is 57.8 Å².